The number of imidazole rings is 1. The van der Waals surface area contributed by atoms with E-state index < -0.39 is 0 Å². The summed E-state index contributed by atoms with van der Waals surface area (Å²) >= 11 is 0. The van der Waals surface area contributed by atoms with Crippen LogP contribution in [0.4, 0.5) is 5.82 Å². The Labute approximate surface area is 206 Å². The van der Waals surface area contributed by atoms with Gasteiger partial charge in [-0.3, -0.25) is 14.5 Å². The third kappa shape index (κ3) is 5.04. The molecule has 5 rings (SSSR count). The Morgan fingerprint density at radius 3 is 2.75 bits per heavy atom. The number of hydrogen-bond acceptors (Lipinski definition) is 7. The van der Waals surface area contributed by atoms with Crippen LogP contribution in [-0.4, -0.2) is 44.7 Å². The van der Waals surface area contributed by atoms with Gasteiger partial charge in [-0.1, -0.05) is 0 Å². The summed E-state index contributed by atoms with van der Waals surface area (Å²) in [4.78, 5) is 28.6. The minimum Gasteiger partial charge on any atom is -0.400 e. The number of nitrogens with zero attached hydrogens (tertiary/aromatic N) is 8. The molecule has 5 aromatic heterocycles. The van der Waals surface area contributed by atoms with E-state index in [4.69, 9.17) is 0 Å². The van der Waals surface area contributed by atoms with Crippen LogP contribution in [-0.2, 0) is 7.05 Å². The molecule has 5 heterocycles. The molecule has 0 saturated heterocycles. The summed E-state index contributed by atoms with van der Waals surface area (Å²) in [6, 6.07) is 7.31. The monoisotopic (exact) mass is 437 g/mol. The van der Waals surface area contributed by atoms with Gasteiger partial charge in [0.25, 0.3) is 5.56 Å². The van der Waals surface area contributed by atoms with E-state index >= 15 is 0 Å². The molecule has 0 spiro atoms. The zero-order chi connectivity index (χ0) is 21.8. The van der Waals surface area contributed by atoms with Crippen LogP contribution in [0.2, 0.25) is 0 Å². The molecule has 11 heteroatoms. The van der Waals surface area contributed by atoms with Gasteiger partial charge in [0.1, 0.15) is 5.82 Å². The van der Waals surface area contributed by atoms with Gasteiger partial charge in [-0.05, 0) is 30.6 Å². The van der Waals surface area contributed by atoms with Crippen molar-refractivity contribution in [3.8, 4) is 5.69 Å². The Morgan fingerprint density at radius 1 is 1.19 bits per heavy atom. The molecule has 32 heavy (non-hydrogen) atoms. The Kier molecular flexibility index (Phi) is 7.73. The second-order valence-electron chi connectivity index (χ2n) is 6.69. The molecule has 0 radical (unpaired) electrons. The topological polar surface area (TPSA) is 108 Å². The van der Waals surface area contributed by atoms with Crippen LogP contribution in [0, 0.1) is 20.2 Å². The van der Waals surface area contributed by atoms with Gasteiger partial charge in [0.05, 0.1) is 29.5 Å². The zero-order valence-corrected chi connectivity index (χ0v) is 19.9. The molecule has 0 aliphatic carbocycles. The number of rotatable bonds is 4. The average Bonchev–Trinajstić information content (AvgIpc) is 3.42. The summed E-state index contributed by atoms with van der Waals surface area (Å²) in [5, 5.41) is 6.87. The fourth-order valence-electron chi connectivity index (χ4n) is 2.86. The Hall–Kier alpha value is -3.08. The molecule has 0 amide bonds. The van der Waals surface area contributed by atoms with Gasteiger partial charge in [-0.25, -0.2) is 9.97 Å². The molecule has 0 aromatic carbocycles. The van der Waals surface area contributed by atoms with Crippen molar-refractivity contribution in [3.63, 3.8) is 0 Å². The van der Waals surface area contributed by atoms with Crippen LogP contribution in [0.1, 0.15) is 6.42 Å². The number of anilines is 1. The zero-order valence-electron chi connectivity index (χ0n) is 17.9. The fraction of sp³-hybridized carbons (Fsp3) is 0.143. The summed E-state index contributed by atoms with van der Waals surface area (Å²) in [5.41, 5.74) is 1.79. The predicted molar refractivity (Wildman–Crippen MR) is 116 cm³/mol. The first kappa shape index (κ1) is 23.6. The van der Waals surface area contributed by atoms with Gasteiger partial charge in [0.15, 0.2) is 5.52 Å². The number of pyridine rings is 2. The molecular formula is C21H20N9NaO-2. The summed E-state index contributed by atoms with van der Waals surface area (Å²) in [6.45, 7) is 7.69. The summed E-state index contributed by atoms with van der Waals surface area (Å²) in [5.74, 6) is 1.29. The van der Waals surface area contributed by atoms with Gasteiger partial charge in [0.2, 0.25) is 0 Å². The maximum absolute atomic E-state index is 12.5. The standard InChI is InChI=1S/C16H17N5O.C5H3N4.Na/c1-4-11(2)19-14-6-5-12(9-17-14)21-8-7-13-15(16(21)22)18-10-20(13)3;1-2-6-5-7-4-8-9(5)3-1;/h5-11H,1-2,4H2,3H3,(H,17,19);1-3H;/q-2;-1;+1. The van der Waals surface area contributed by atoms with Crippen LogP contribution in [0.5, 0.6) is 0 Å². The van der Waals surface area contributed by atoms with Gasteiger partial charge in [0, 0.05) is 25.6 Å². The Morgan fingerprint density at radius 2 is 2.03 bits per heavy atom. The molecule has 0 aliphatic rings. The molecule has 10 nitrogen and oxygen atoms in total. The minimum absolute atomic E-state index is 0. The van der Waals surface area contributed by atoms with Crippen molar-refractivity contribution in [1.82, 2.24) is 38.7 Å². The van der Waals surface area contributed by atoms with E-state index in [1.165, 1.54) is 4.57 Å². The predicted octanol–water partition coefficient (Wildman–Crippen LogP) is -1.11. The normalized spacial score (nSPS) is 11.5. The first-order valence-electron chi connectivity index (χ1n) is 9.48. The first-order chi connectivity index (χ1) is 15.1. The van der Waals surface area contributed by atoms with Crippen molar-refractivity contribution in [2.75, 3.05) is 5.32 Å². The van der Waals surface area contributed by atoms with Gasteiger partial charge >= 0.3 is 29.6 Å². The largest absolute Gasteiger partial charge is 1.00 e. The fourth-order valence-corrected chi connectivity index (χ4v) is 2.86. The number of nitrogens with one attached hydrogen (secondary N) is 1. The van der Waals surface area contributed by atoms with E-state index in [9.17, 15) is 4.79 Å². The molecule has 158 valence electrons. The quantitative estimate of drug-likeness (QED) is 0.281. The van der Waals surface area contributed by atoms with E-state index in [2.05, 4.69) is 50.5 Å². The molecule has 0 saturated carbocycles. The SMILES string of the molecule is [CH2-]CC([CH2-])Nc1ccc(-n2ccc3c(ncn3C)c2=O)cn1.[Na+].[c-]1nc2ncccn2n1. The first-order valence-corrected chi connectivity index (χ1v) is 9.48. The van der Waals surface area contributed by atoms with Crippen LogP contribution >= 0.6 is 0 Å². The van der Waals surface area contributed by atoms with E-state index in [1.54, 1.807) is 41.7 Å². The van der Waals surface area contributed by atoms with Crippen molar-refractivity contribution in [2.45, 2.75) is 12.5 Å². The van der Waals surface area contributed by atoms with Crippen LogP contribution in [0.25, 0.3) is 22.5 Å². The van der Waals surface area contributed by atoms with E-state index in [0.717, 1.165) is 5.52 Å². The maximum Gasteiger partial charge on any atom is 1.00 e. The Balaban J connectivity index is 0.000000241. The molecule has 5 aromatic rings. The summed E-state index contributed by atoms with van der Waals surface area (Å²) < 4.78 is 4.91. The number of aryl methyl sites for hydroxylation is 1. The van der Waals surface area contributed by atoms with Crippen molar-refractivity contribution in [3.05, 3.63) is 85.9 Å². The van der Waals surface area contributed by atoms with Crippen LogP contribution < -0.4 is 40.4 Å². The molecule has 1 unspecified atom stereocenters. The smallest absolute Gasteiger partial charge is 0.400 e. The second kappa shape index (κ2) is 10.5. The summed E-state index contributed by atoms with van der Waals surface area (Å²) in [6.07, 6.45) is 11.6. The van der Waals surface area contributed by atoms with Crippen molar-refractivity contribution in [2.24, 2.45) is 7.05 Å². The third-order valence-corrected chi connectivity index (χ3v) is 4.52. The van der Waals surface area contributed by atoms with E-state index in [0.29, 0.717) is 29.2 Å². The number of fused-ring (bicyclic) bond motifs is 2. The molecule has 1 N–H and O–H groups in total. The van der Waals surface area contributed by atoms with Crippen molar-refractivity contribution >= 4 is 22.6 Å². The molecule has 0 bridgehead atoms. The third-order valence-electron chi connectivity index (χ3n) is 4.52. The number of hydrogen-bond donors (Lipinski definition) is 1. The molecule has 0 aliphatic heterocycles. The van der Waals surface area contributed by atoms with Crippen LogP contribution in [0.3, 0.4) is 0 Å². The number of aromatic nitrogens is 8. The van der Waals surface area contributed by atoms with Crippen LogP contribution in [0.15, 0.2) is 60.2 Å². The molecule has 0 fully saturated rings. The van der Waals surface area contributed by atoms with Gasteiger partial charge < -0.3 is 38.2 Å². The maximum atomic E-state index is 12.5. The summed E-state index contributed by atoms with van der Waals surface area (Å²) in [7, 11) is 1.86. The average molecular weight is 437 g/mol. The second-order valence-corrected chi connectivity index (χ2v) is 6.69. The minimum atomic E-state index is -0.159. The molecular weight excluding hydrogens is 417 g/mol. The van der Waals surface area contributed by atoms with Gasteiger partial charge in [-0.15, -0.1) is 6.04 Å². The Bertz CT molecular complexity index is 1330. The van der Waals surface area contributed by atoms with E-state index in [1.807, 2.05) is 29.8 Å². The van der Waals surface area contributed by atoms with Crippen molar-refractivity contribution < 1.29 is 29.6 Å². The van der Waals surface area contributed by atoms with E-state index in [-0.39, 0.29) is 41.2 Å². The molecule has 1 atom stereocenters. The van der Waals surface area contributed by atoms with Crippen molar-refractivity contribution in [1.29, 1.82) is 0 Å². The van der Waals surface area contributed by atoms with Gasteiger partial charge in [-0.2, -0.15) is 6.42 Å².